The Morgan fingerprint density at radius 3 is 2.41 bits per heavy atom. The van der Waals surface area contributed by atoms with Gasteiger partial charge in [0, 0.05) is 23.3 Å². The Labute approximate surface area is 131 Å². The molecule has 5 nitrogen and oxygen atoms in total. The maximum Gasteiger partial charge on any atom is 0.251 e. The Balaban J connectivity index is 1.94. The third kappa shape index (κ3) is 4.84. The van der Waals surface area contributed by atoms with E-state index in [0.29, 0.717) is 5.56 Å². The van der Waals surface area contributed by atoms with Crippen LogP contribution in [0.2, 0.25) is 0 Å². The van der Waals surface area contributed by atoms with Crippen LogP contribution in [0.1, 0.15) is 44.0 Å². The number of carbonyl (C=O) groups excluding carboxylic acids is 2. The van der Waals surface area contributed by atoms with Crippen molar-refractivity contribution >= 4 is 17.5 Å². The molecule has 0 spiro atoms. The van der Waals surface area contributed by atoms with Crippen LogP contribution in [-0.4, -0.2) is 30.4 Å². The molecule has 0 aromatic heterocycles. The first-order chi connectivity index (χ1) is 10.3. The van der Waals surface area contributed by atoms with E-state index < -0.39 is 0 Å². The molecule has 1 aliphatic heterocycles. The number of anilines is 1. The minimum absolute atomic E-state index is 0.0256. The molecule has 1 aromatic carbocycles. The second kappa shape index (κ2) is 6.92. The van der Waals surface area contributed by atoms with Gasteiger partial charge < -0.3 is 16.0 Å². The fourth-order valence-corrected chi connectivity index (χ4v) is 2.44. The average Bonchev–Trinajstić information content (AvgIpc) is 2.47. The highest BCUT2D eigenvalue weighted by Crippen LogP contribution is 2.15. The first kappa shape index (κ1) is 16.5. The number of benzene rings is 1. The van der Waals surface area contributed by atoms with E-state index in [9.17, 15) is 9.59 Å². The molecule has 22 heavy (non-hydrogen) atoms. The molecule has 0 saturated carbocycles. The Morgan fingerprint density at radius 1 is 1.18 bits per heavy atom. The third-order valence-electron chi connectivity index (χ3n) is 3.57. The van der Waals surface area contributed by atoms with Crippen molar-refractivity contribution in [2.75, 3.05) is 18.4 Å². The number of carbonyl (C=O) groups is 2. The molecule has 0 radical (unpaired) electrons. The van der Waals surface area contributed by atoms with Gasteiger partial charge in [0.1, 0.15) is 0 Å². The molecule has 2 rings (SSSR count). The van der Waals surface area contributed by atoms with Gasteiger partial charge >= 0.3 is 0 Å². The molecule has 5 heteroatoms. The van der Waals surface area contributed by atoms with Crippen LogP contribution in [0.4, 0.5) is 5.69 Å². The third-order valence-corrected chi connectivity index (χ3v) is 3.57. The van der Waals surface area contributed by atoms with E-state index in [2.05, 4.69) is 16.0 Å². The maximum atomic E-state index is 12.1. The zero-order valence-electron chi connectivity index (χ0n) is 13.5. The minimum atomic E-state index is -0.266. The maximum absolute atomic E-state index is 12.1. The monoisotopic (exact) mass is 303 g/mol. The highest BCUT2D eigenvalue weighted by Gasteiger charge is 2.21. The smallest absolute Gasteiger partial charge is 0.251 e. The number of hydrogen-bond acceptors (Lipinski definition) is 3. The Morgan fingerprint density at radius 2 is 1.86 bits per heavy atom. The molecule has 0 bridgehead atoms. The van der Waals surface area contributed by atoms with Crippen LogP contribution in [-0.2, 0) is 4.79 Å². The molecule has 1 saturated heterocycles. The molecule has 2 amide bonds. The molecule has 0 aliphatic carbocycles. The topological polar surface area (TPSA) is 70.2 Å². The summed E-state index contributed by atoms with van der Waals surface area (Å²) in [6.07, 6.45) is 1.95. The Kier molecular flexibility index (Phi) is 5.19. The van der Waals surface area contributed by atoms with Crippen molar-refractivity contribution in [1.82, 2.24) is 10.6 Å². The predicted molar refractivity (Wildman–Crippen MR) is 87.9 cm³/mol. The van der Waals surface area contributed by atoms with Gasteiger partial charge in [-0.25, -0.2) is 0 Å². The molecular formula is C17H25N3O2. The van der Waals surface area contributed by atoms with Crippen LogP contribution in [0.3, 0.4) is 0 Å². The standard InChI is InChI=1S/C17H25N3O2/c1-17(2,3)20-16(22)12-6-8-14(9-7-12)19-15(21)13-5-4-10-18-11-13/h6-9,13,18H,4-5,10-11H2,1-3H3,(H,19,21)(H,20,22). The zero-order valence-corrected chi connectivity index (χ0v) is 13.5. The summed E-state index contributed by atoms with van der Waals surface area (Å²) in [5.74, 6) is -0.0430. The van der Waals surface area contributed by atoms with Crippen molar-refractivity contribution < 1.29 is 9.59 Å². The number of nitrogens with one attached hydrogen (secondary N) is 3. The molecule has 1 heterocycles. The largest absolute Gasteiger partial charge is 0.347 e. The van der Waals surface area contributed by atoms with Crippen molar-refractivity contribution in [2.45, 2.75) is 39.2 Å². The summed E-state index contributed by atoms with van der Waals surface area (Å²) in [5.41, 5.74) is 1.05. The number of hydrogen-bond donors (Lipinski definition) is 3. The second-order valence-corrected chi connectivity index (χ2v) is 6.81. The van der Waals surface area contributed by atoms with Gasteiger partial charge in [-0.3, -0.25) is 9.59 Å². The summed E-state index contributed by atoms with van der Waals surface area (Å²) in [6, 6.07) is 7.00. The Hall–Kier alpha value is -1.88. The van der Waals surface area contributed by atoms with Crippen molar-refractivity contribution in [3.8, 4) is 0 Å². The van der Waals surface area contributed by atoms with E-state index in [-0.39, 0.29) is 23.3 Å². The first-order valence-electron chi connectivity index (χ1n) is 7.79. The Bertz CT molecular complexity index is 526. The molecular weight excluding hydrogens is 278 g/mol. The van der Waals surface area contributed by atoms with Crippen LogP contribution in [0, 0.1) is 5.92 Å². The van der Waals surface area contributed by atoms with Gasteiger partial charge in [-0.15, -0.1) is 0 Å². The van der Waals surface area contributed by atoms with Crippen LogP contribution < -0.4 is 16.0 Å². The highest BCUT2D eigenvalue weighted by molar-refractivity contribution is 5.96. The van der Waals surface area contributed by atoms with Crippen molar-refractivity contribution in [1.29, 1.82) is 0 Å². The SMILES string of the molecule is CC(C)(C)NC(=O)c1ccc(NC(=O)C2CCCNC2)cc1. The van der Waals surface area contributed by atoms with Crippen LogP contribution >= 0.6 is 0 Å². The highest BCUT2D eigenvalue weighted by atomic mass is 16.2. The lowest BCUT2D eigenvalue weighted by Gasteiger charge is -2.22. The van der Waals surface area contributed by atoms with E-state index in [1.165, 1.54) is 0 Å². The predicted octanol–water partition coefficient (Wildman–Crippen LogP) is 2.15. The van der Waals surface area contributed by atoms with E-state index in [1.807, 2.05) is 20.8 Å². The summed E-state index contributed by atoms with van der Waals surface area (Å²) in [7, 11) is 0. The fraction of sp³-hybridized carbons (Fsp3) is 0.529. The summed E-state index contributed by atoms with van der Waals surface area (Å²) in [4.78, 5) is 24.2. The molecule has 1 unspecified atom stereocenters. The quantitative estimate of drug-likeness (QED) is 0.801. The lowest BCUT2D eigenvalue weighted by molar-refractivity contribution is -0.120. The fourth-order valence-electron chi connectivity index (χ4n) is 2.44. The lowest BCUT2D eigenvalue weighted by atomic mass is 9.99. The van der Waals surface area contributed by atoms with Crippen LogP contribution in [0.25, 0.3) is 0 Å². The summed E-state index contributed by atoms with van der Waals surface area (Å²) in [6.45, 7) is 7.55. The van der Waals surface area contributed by atoms with Gasteiger partial charge in [0.05, 0.1) is 5.92 Å². The molecule has 1 aromatic rings. The average molecular weight is 303 g/mol. The van der Waals surface area contributed by atoms with Crippen LogP contribution in [0.15, 0.2) is 24.3 Å². The van der Waals surface area contributed by atoms with Gasteiger partial charge in [-0.1, -0.05) is 0 Å². The van der Waals surface area contributed by atoms with Crippen LogP contribution in [0.5, 0.6) is 0 Å². The second-order valence-electron chi connectivity index (χ2n) is 6.81. The van der Waals surface area contributed by atoms with E-state index in [4.69, 9.17) is 0 Å². The van der Waals surface area contributed by atoms with E-state index in [1.54, 1.807) is 24.3 Å². The van der Waals surface area contributed by atoms with Gasteiger partial charge in [-0.05, 0) is 64.4 Å². The molecule has 1 atom stereocenters. The normalized spacial score (nSPS) is 18.6. The van der Waals surface area contributed by atoms with Crippen molar-refractivity contribution in [2.24, 2.45) is 5.92 Å². The molecule has 3 N–H and O–H groups in total. The van der Waals surface area contributed by atoms with Gasteiger partial charge in [-0.2, -0.15) is 0 Å². The summed E-state index contributed by atoms with van der Waals surface area (Å²) in [5, 5.41) is 9.06. The van der Waals surface area contributed by atoms with Crippen molar-refractivity contribution in [3.63, 3.8) is 0 Å². The molecule has 120 valence electrons. The zero-order chi connectivity index (χ0) is 16.2. The van der Waals surface area contributed by atoms with E-state index >= 15 is 0 Å². The number of piperidine rings is 1. The van der Waals surface area contributed by atoms with Gasteiger partial charge in [0.25, 0.3) is 5.91 Å². The summed E-state index contributed by atoms with van der Waals surface area (Å²) >= 11 is 0. The molecule has 1 fully saturated rings. The van der Waals surface area contributed by atoms with Gasteiger partial charge in [0.15, 0.2) is 0 Å². The summed E-state index contributed by atoms with van der Waals surface area (Å²) < 4.78 is 0. The molecule has 1 aliphatic rings. The van der Waals surface area contributed by atoms with E-state index in [0.717, 1.165) is 31.6 Å². The lowest BCUT2D eigenvalue weighted by Crippen LogP contribution is -2.40. The number of amides is 2. The minimum Gasteiger partial charge on any atom is -0.347 e. The number of rotatable bonds is 3. The van der Waals surface area contributed by atoms with Crippen molar-refractivity contribution in [3.05, 3.63) is 29.8 Å². The first-order valence-corrected chi connectivity index (χ1v) is 7.79. The van der Waals surface area contributed by atoms with Gasteiger partial charge in [0.2, 0.25) is 5.91 Å².